The van der Waals surface area contributed by atoms with E-state index in [0.717, 1.165) is 5.56 Å². The lowest BCUT2D eigenvalue weighted by atomic mass is 10.0. The number of ketones is 1. The number of ether oxygens (including phenoxy) is 1. The fourth-order valence-corrected chi connectivity index (χ4v) is 1.54. The normalized spacial score (nSPS) is 14.3. The van der Waals surface area contributed by atoms with Crippen LogP contribution in [0.2, 0.25) is 0 Å². The second-order valence-electron chi connectivity index (χ2n) is 4.57. The van der Waals surface area contributed by atoms with E-state index in [-0.39, 0.29) is 17.7 Å². The van der Waals surface area contributed by atoms with Gasteiger partial charge in [0.15, 0.2) is 0 Å². The maximum atomic E-state index is 11.4. The van der Waals surface area contributed by atoms with E-state index in [1.807, 2.05) is 37.3 Å². The third-order valence-corrected chi connectivity index (χ3v) is 2.57. The second-order valence-corrected chi connectivity index (χ2v) is 4.57. The average molecular weight is 235 g/mol. The van der Waals surface area contributed by atoms with Crippen LogP contribution in [0.3, 0.4) is 0 Å². The minimum atomic E-state index is -0.369. The molecule has 0 radical (unpaired) electrons. The molecule has 0 aliphatic heterocycles. The molecule has 3 heteroatoms. The Bertz CT molecular complexity index is 335. The van der Waals surface area contributed by atoms with Crippen molar-refractivity contribution in [2.45, 2.75) is 32.9 Å². The molecule has 94 valence electrons. The third-order valence-electron chi connectivity index (χ3n) is 2.57. The quantitative estimate of drug-likeness (QED) is 0.787. The van der Waals surface area contributed by atoms with Crippen LogP contribution in [-0.2, 0) is 16.1 Å². The van der Waals surface area contributed by atoms with Gasteiger partial charge in [-0.3, -0.25) is 4.79 Å². The predicted octanol–water partition coefficient (Wildman–Crippen LogP) is 2.15. The van der Waals surface area contributed by atoms with Crippen molar-refractivity contribution in [1.29, 1.82) is 0 Å². The van der Waals surface area contributed by atoms with E-state index in [1.165, 1.54) is 0 Å². The first-order valence-electron chi connectivity index (χ1n) is 5.99. The molecule has 1 unspecified atom stereocenters. The maximum Gasteiger partial charge on any atom is 0.149 e. The fourth-order valence-electron chi connectivity index (χ4n) is 1.54. The fraction of sp³-hybridized carbons (Fsp3) is 0.500. The number of Topliss-reactive ketones (excluding diaryl/α,β-unsaturated/α-hetero) is 1. The van der Waals surface area contributed by atoms with Crippen LogP contribution >= 0.6 is 0 Å². The van der Waals surface area contributed by atoms with Crippen molar-refractivity contribution in [3.05, 3.63) is 35.9 Å². The van der Waals surface area contributed by atoms with E-state index >= 15 is 0 Å². The highest BCUT2D eigenvalue weighted by Crippen LogP contribution is 2.07. The number of carbonyl (C=O) groups excluding carboxylic acids is 1. The zero-order chi connectivity index (χ0) is 12.7. The summed E-state index contributed by atoms with van der Waals surface area (Å²) in [4.78, 5) is 11.4. The first-order valence-corrected chi connectivity index (χ1v) is 5.99. The molecule has 0 saturated heterocycles. The Morgan fingerprint density at radius 1 is 1.29 bits per heavy atom. The SMILES string of the molecule is CC(COCc1ccccc1)CC(=O)[C@H](C)N. The van der Waals surface area contributed by atoms with E-state index in [2.05, 4.69) is 0 Å². The first kappa shape index (κ1) is 13.9. The van der Waals surface area contributed by atoms with Gasteiger partial charge in [-0.2, -0.15) is 0 Å². The molecule has 0 heterocycles. The van der Waals surface area contributed by atoms with Gasteiger partial charge in [0.25, 0.3) is 0 Å². The molecule has 1 rings (SSSR count). The Morgan fingerprint density at radius 2 is 1.94 bits per heavy atom. The van der Waals surface area contributed by atoms with Gasteiger partial charge in [-0.15, -0.1) is 0 Å². The van der Waals surface area contributed by atoms with Gasteiger partial charge >= 0.3 is 0 Å². The Hall–Kier alpha value is -1.19. The van der Waals surface area contributed by atoms with Gasteiger partial charge in [0, 0.05) is 13.0 Å². The number of hydrogen-bond acceptors (Lipinski definition) is 3. The van der Waals surface area contributed by atoms with Gasteiger partial charge in [-0.05, 0) is 18.4 Å². The molecule has 0 aliphatic rings. The van der Waals surface area contributed by atoms with Crippen molar-refractivity contribution >= 4 is 5.78 Å². The molecule has 0 fully saturated rings. The lowest BCUT2D eigenvalue weighted by molar-refractivity contribution is -0.121. The van der Waals surface area contributed by atoms with Crippen molar-refractivity contribution in [2.24, 2.45) is 11.7 Å². The van der Waals surface area contributed by atoms with Gasteiger partial charge in [0.05, 0.1) is 12.6 Å². The molecule has 2 N–H and O–H groups in total. The Labute approximate surface area is 103 Å². The number of rotatable bonds is 7. The minimum absolute atomic E-state index is 0.0980. The predicted molar refractivity (Wildman–Crippen MR) is 68.5 cm³/mol. The molecule has 0 aromatic heterocycles. The van der Waals surface area contributed by atoms with Crippen LogP contribution in [0.1, 0.15) is 25.8 Å². The molecule has 0 amide bonds. The van der Waals surface area contributed by atoms with Crippen molar-refractivity contribution in [3.8, 4) is 0 Å². The summed E-state index contributed by atoms with van der Waals surface area (Å²) in [7, 11) is 0. The Morgan fingerprint density at radius 3 is 2.53 bits per heavy atom. The summed E-state index contributed by atoms with van der Waals surface area (Å²) in [6.07, 6.45) is 0.493. The molecule has 3 nitrogen and oxygen atoms in total. The smallest absolute Gasteiger partial charge is 0.149 e. The van der Waals surface area contributed by atoms with Gasteiger partial charge in [0.1, 0.15) is 5.78 Å². The lowest BCUT2D eigenvalue weighted by Crippen LogP contribution is -2.28. The van der Waals surface area contributed by atoms with Crippen LogP contribution in [0.25, 0.3) is 0 Å². The zero-order valence-corrected chi connectivity index (χ0v) is 10.6. The molecule has 2 atom stereocenters. The Balaban J connectivity index is 2.20. The highest BCUT2D eigenvalue weighted by molar-refractivity contribution is 5.83. The zero-order valence-electron chi connectivity index (χ0n) is 10.6. The third kappa shape index (κ3) is 5.61. The summed E-state index contributed by atoms with van der Waals surface area (Å²) in [6.45, 7) is 4.91. The van der Waals surface area contributed by atoms with E-state index in [0.29, 0.717) is 19.6 Å². The molecule has 1 aromatic carbocycles. The van der Waals surface area contributed by atoms with E-state index < -0.39 is 0 Å². The van der Waals surface area contributed by atoms with E-state index in [4.69, 9.17) is 10.5 Å². The minimum Gasteiger partial charge on any atom is -0.376 e. The van der Waals surface area contributed by atoms with Gasteiger partial charge in [0.2, 0.25) is 0 Å². The van der Waals surface area contributed by atoms with Crippen molar-refractivity contribution in [2.75, 3.05) is 6.61 Å². The molecular formula is C14H21NO2. The number of hydrogen-bond donors (Lipinski definition) is 1. The van der Waals surface area contributed by atoms with Crippen LogP contribution in [0.4, 0.5) is 0 Å². The highest BCUT2D eigenvalue weighted by atomic mass is 16.5. The molecule has 1 aromatic rings. The topological polar surface area (TPSA) is 52.3 Å². The summed E-state index contributed by atoms with van der Waals surface area (Å²) in [6, 6.07) is 9.64. The number of carbonyl (C=O) groups is 1. The summed E-state index contributed by atoms with van der Waals surface area (Å²) < 4.78 is 5.57. The first-order chi connectivity index (χ1) is 8.09. The maximum absolute atomic E-state index is 11.4. The number of nitrogens with two attached hydrogens (primary N) is 1. The van der Waals surface area contributed by atoms with Crippen molar-refractivity contribution < 1.29 is 9.53 Å². The summed E-state index contributed by atoms with van der Waals surface area (Å²) >= 11 is 0. The van der Waals surface area contributed by atoms with Crippen LogP contribution in [-0.4, -0.2) is 18.4 Å². The van der Waals surface area contributed by atoms with Crippen molar-refractivity contribution in [3.63, 3.8) is 0 Å². The van der Waals surface area contributed by atoms with E-state index in [1.54, 1.807) is 6.92 Å². The lowest BCUT2D eigenvalue weighted by Gasteiger charge is -2.12. The van der Waals surface area contributed by atoms with Crippen LogP contribution in [0, 0.1) is 5.92 Å². The Kier molecular flexibility index (Phi) is 5.87. The van der Waals surface area contributed by atoms with Gasteiger partial charge in [-0.25, -0.2) is 0 Å². The second kappa shape index (κ2) is 7.20. The van der Waals surface area contributed by atoms with Crippen LogP contribution in [0.5, 0.6) is 0 Å². The standard InChI is InChI=1S/C14H21NO2/c1-11(8-14(16)12(2)15)9-17-10-13-6-4-3-5-7-13/h3-7,11-12H,8-10,15H2,1-2H3/t11?,12-/m0/s1. The van der Waals surface area contributed by atoms with Gasteiger partial charge < -0.3 is 10.5 Å². The summed E-state index contributed by atoms with van der Waals surface area (Å²) in [5.74, 6) is 0.318. The largest absolute Gasteiger partial charge is 0.376 e. The summed E-state index contributed by atoms with van der Waals surface area (Å²) in [5, 5.41) is 0. The molecule has 0 saturated carbocycles. The molecule has 0 bridgehead atoms. The van der Waals surface area contributed by atoms with Crippen LogP contribution in [0.15, 0.2) is 30.3 Å². The molecular weight excluding hydrogens is 214 g/mol. The molecule has 17 heavy (non-hydrogen) atoms. The monoisotopic (exact) mass is 235 g/mol. The van der Waals surface area contributed by atoms with Crippen LogP contribution < -0.4 is 5.73 Å². The highest BCUT2D eigenvalue weighted by Gasteiger charge is 2.12. The average Bonchev–Trinajstić information content (AvgIpc) is 2.30. The molecule has 0 aliphatic carbocycles. The number of benzene rings is 1. The van der Waals surface area contributed by atoms with E-state index in [9.17, 15) is 4.79 Å². The summed E-state index contributed by atoms with van der Waals surface area (Å²) in [5.41, 5.74) is 6.66. The van der Waals surface area contributed by atoms with Gasteiger partial charge in [-0.1, -0.05) is 37.3 Å². The molecule has 0 spiro atoms. The van der Waals surface area contributed by atoms with Crippen molar-refractivity contribution in [1.82, 2.24) is 0 Å².